The van der Waals surface area contributed by atoms with E-state index in [0.717, 1.165) is 11.8 Å². The maximum absolute atomic E-state index is 13.8. The van der Waals surface area contributed by atoms with Gasteiger partial charge in [0.15, 0.2) is 0 Å². The minimum Gasteiger partial charge on any atom is -0.367 e. The number of nitrogens with zero attached hydrogens (tertiary/aromatic N) is 2. The molecule has 0 atom stereocenters. The zero-order chi connectivity index (χ0) is 18.6. The van der Waals surface area contributed by atoms with Crippen molar-refractivity contribution in [1.29, 1.82) is 5.41 Å². The Hall–Kier alpha value is -2.30. The molecule has 0 saturated heterocycles. The van der Waals surface area contributed by atoms with E-state index in [1.807, 2.05) is 0 Å². The number of hydroxylamine groups is 1. The summed E-state index contributed by atoms with van der Waals surface area (Å²) >= 11 is 3.12. The molecule has 7 nitrogen and oxygen atoms in total. The lowest BCUT2D eigenvalue weighted by Crippen LogP contribution is -2.34. The van der Waals surface area contributed by atoms with E-state index in [4.69, 9.17) is 15.4 Å². The summed E-state index contributed by atoms with van der Waals surface area (Å²) in [6, 6.07) is 10.1. The predicted octanol–water partition coefficient (Wildman–Crippen LogP) is 2.75. The Morgan fingerprint density at radius 2 is 1.96 bits per heavy atom. The molecule has 0 aliphatic rings. The van der Waals surface area contributed by atoms with Gasteiger partial charge in [0.2, 0.25) is 5.96 Å². The Labute approximate surface area is 152 Å². The van der Waals surface area contributed by atoms with Crippen molar-refractivity contribution in [1.82, 2.24) is 5.17 Å². The highest BCUT2D eigenvalue weighted by atomic mass is 79.9. The molecule has 2 rings (SSSR count). The number of aryl methyl sites for hydroxylation is 1. The third kappa shape index (κ3) is 5.08. The summed E-state index contributed by atoms with van der Waals surface area (Å²) in [6.07, 6.45) is 0.994. The molecule has 0 fully saturated rings. The molecule has 0 aliphatic heterocycles. The number of nitrogens with two attached hydrogens (primary N) is 1. The Balaban J connectivity index is 2.25. The number of halogens is 2. The van der Waals surface area contributed by atoms with Crippen molar-refractivity contribution in [3.8, 4) is 0 Å². The van der Waals surface area contributed by atoms with Crippen LogP contribution in [0.3, 0.4) is 0 Å². The summed E-state index contributed by atoms with van der Waals surface area (Å²) < 4.78 is 43.4. The van der Waals surface area contributed by atoms with Gasteiger partial charge in [0.1, 0.15) is 5.82 Å². The molecule has 0 spiro atoms. The van der Waals surface area contributed by atoms with Crippen LogP contribution in [-0.4, -0.2) is 25.8 Å². The second-order valence-corrected chi connectivity index (χ2v) is 7.35. The summed E-state index contributed by atoms with van der Waals surface area (Å²) in [5, 5.41) is 11.3. The molecule has 0 saturated carbocycles. The molecule has 0 aliphatic carbocycles. The fourth-order valence-electron chi connectivity index (χ4n) is 1.68. The van der Waals surface area contributed by atoms with Gasteiger partial charge >= 0.3 is 10.1 Å². The van der Waals surface area contributed by atoms with Crippen LogP contribution in [0, 0.1) is 18.2 Å². The zero-order valence-corrected chi connectivity index (χ0v) is 15.4. The highest BCUT2D eigenvalue weighted by Crippen LogP contribution is 2.16. The maximum Gasteiger partial charge on any atom is 0.319 e. The van der Waals surface area contributed by atoms with Crippen LogP contribution in [0.1, 0.15) is 11.1 Å². The lowest BCUT2D eigenvalue weighted by Gasteiger charge is -2.15. The molecule has 0 amide bonds. The van der Waals surface area contributed by atoms with E-state index in [9.17, 15) is 12.8 Å². The molecule has 2 aromatic rings. The first-order valence-electron chi connectivity index (χ1n) is 6.83. The second kappa shape index (κ2) is 7.72. The molecule has 0 aromatic heterocycles. The van der Waals surface area contributed by atoms with Crippen LogP contribution < -0.4 is 5.73 Å². The first-order valence-corrected chi connectivity index (χ1v) is 9.03. The van der Waals surface area contributed by atoms with Gasteiger partial charge in [-0.2, -0.15) is 8.42 Å². The first-order chi connectivity index (χ1) is 11.7. The lowest BCUT2D eigenvalue weighted by atomic mass is 10.2. The van der Waals surface area contributed by atoms with E-state index >= 15 is 0 Å². The van der Waals surface area contributed by atoms with Crippen LogP contribution in [-0.2, 0) is 14.4 Å². The summed E-state index contributed by atoms with van der Waals surface area (Å²) in [5.74, 6) is -1.38. The number of hydrogen-bond donors (Lipinski definition) is 2. The molecule has 10 heteroatoms. The van der Waals surface area contributed by atoms with Crippen LogP contribution >= 0.6 is 15.9 Å². The average molecular weight is 429 g/mol. The topological polar surface area (TPSA) is 109 Å². The van der Waals surface area contributed by atoms with Gasteiger partial charge in [-0.1, -0.05) is 38.8 Å². The minimum absolute atomic E-state index is 0.0609. The first kappa shape index (κ1) is 19.0. The minimum atomic E-state index is -4.25. The maximum atomic E-state index is 13.8. The summed E-state index contributed by atoms with van der Waals surface area (Å²) in [5.41, 5.74) is 6.20. The predicted molar refractivity (Wildman–Crippen MR) is 94.9 cm³/mol. The number of hydrazone groups is 1. The van der Waals surface area contributed by atoms with Gasteiger partial charge in [0.05, 0.1) is 11.1 Å². The highest BCUT2D eigenvalue weighted by Gasteiger charge is 2.21. The van der Waals surface area contributed by atoms with Crippen molar-refractivity contribution in [2.24, 2.45) is 10.8 Å². The largest absolute Gasteiger partial charge is 0.367 e. The van der Waals surface area contributed by atoms with Gasteiger partial charge in [0, 0.05) is 10.0 Å². The van der Waals surface area contributed by atoms with Crippen molar-refractivity contribution < 1.29 is 17.1 Å². The summed E-state index contributed by atoms with van der Waals surface area (Å²) in [6.45, 7) is 1.80. The van der Waals surface area contributed by atoms with Crippen LogP contribution in [0.15, 0.2) is 56.9 Å². The van der Waals surface area contributed by atoms with Crippen molar-refractivity contribution in [3.63, 3.8) is 0 Å². The van der Waals surface area contributed by atoms with E-state index in [1.165, 1.54) is 24.3 Å². The number of nitrogens with one attached hydrogen (secondary N) is 1. The molecular weight excluding hydrogens is 415 g/mol. The molecule has 0 heterocycles. The molecular formula is C15H14BrFN4O3S. The van der Waals surface area contributed by atoms with E-state index in [0.29, 0.717) is 4.47 Å². The Kier molecular flexibility index (Phi) is 5.88. The van der Waals surface area contributed by atoms with Gasteiger partial charge in [-0.25, -0.2) is 4.39 Å². The third-order valence-corrected chi connectivity index (χ3v) is 4.63. The molecule has 2 aromatic carbocycles. The number of guanidine groups is 1. The Morgan fingerprint density at radius 1 is 1.32 bits per heavy atom. The third-order valence-electron chi connectivity index (χ3n) is 2.95. The zero-order valence-electron chi connectivity index (χ0n) is 13.0. The van der Waals surface area contributed by atoms with Crippen molar-refractivity contribution in [2.75, 3.05) is 0 Å². The van der Waals surface area contributed by atoms with Crippen LogP contribution in [0.25, 0.3) is 0 Å². The lowest BCUT2D eigenvalue weighted by molar-refractivity contribution is 0.0284. The number of benzene rings is 2. The molecule has 3 N–H and O–H groups in total. The molecule has 0 radical (unpaired) electrons. The fraction of sp³-hybridized carbons (Fsp3) is 0.0667. The van der Waals surface area contributed by atoms with Crippen molar-refractivity contribution in [2.45, 2.75) is 11.8 Å². The van der Waals surface area contributed by atoms with Gasteiger partial charge < -0.3 is 5.73 Å². The van der Waals surface area contributed by atoms with Gasteiger partial charge in [0.25, 0.3) is 0 Å². The SMILES string of the molecule is Cc1ccc(S(=O)(=O)ON(N=Cc2ccc(Br)cc2F)C(=N)N)cc1. The molecule has 25 heavy (non-hydrogen) atoms. The number of rotatable bonds is 5. The monoisotopic (exact) mass is 428 g/mol. The molecule has 132 valence electrons. The molecule has 0 bridgehead atoms. The van der Waals surface area contributed by atoms with Crippen LogP contribution in [0.5, 0.6) is 0 Å². The number of hydrogen-bond acceptors (Lipinski definition) is 5. The summed E-state index contributed by atoms with van der Waals surface area (Å²) in [7, 11) is -4.25. The van der Waals surface area contributed by atoms with Crippen LogP contribution in [0.4, 0.5) is 4.39 Å². The smallest absolute Gasteiger partial charge is 0.319 e. The standard InChI is InChI=1S/C15H14BrFN4O3S/c1-10-2-6-13(7-3-10)25(22,23)24-21(15(18)19)20-9-11-4-5-12(16)8-14(11)17/h2-9H,1H3,(H3,18,19). The van der Waals surface area contributed by atoms with Gasteiger partial charge in [-0.3, -0.25) is 5.41 Å². The second-order valence-electron chi connectivity index (χ2n) is 4.91. The van der Waals surface area contributed by atoms with Crippen molar-refractivity contribution in [3.05, 3.63) is 63.9 Å². The normalized spacial score (nSPS) is 11.6. The van der Waals surface area contributed by atoms with E-state index < -0.39 is 21.9 Å². The molecule has 0 unspecified atom stereocenters. The Bertz CT molecular complexity index is 917. The van der Waals surface area contributed by atoms with Crippen LogP contribution in [0.2, 0.25) is 0 Å². The average Bonchev–Trinajstić information content (AvgIpc) is 2.53. The van der Waals surface area contributed by atoms with Gasteiger partial charge in [-0.15, -0.1) is 9.39 Å². The van der Waals surface area contributed by atoms with Gasteiger partial charge in [-0.05, 0) is 37.3 Å². The Morgan fingerprint density at radius 3 is 2.52 bits per heavy atom. The fourth-order valence-corrected chi connectivity index (χ4v) is 2.88. The van der Waals surface area contributed by atoms with E-state index in [2.05, 4.69) is 21.0 Å². The van der Waals surface area contributed by atoms with E-state index in [1.54, 1.807) is 25.1 Å². The quantitative estimate of drug-likeness (QED) is 0.432. The highest BCUT2D eigenvalue weighted by molar-refractivity contribution is 9.10. The summed E-state index contributed by atoms with van der Waals surface area (Å²) in [4.78, 5) is -0.130. The van der Waals surface area contributed by atoms with Crippen molar-refractivity contribution >= 4 is 38.2 Å². The van der Waals surface area contributed by atoms with E-state index in [-0.39, 0.29) is 15.6 Å².